The molecule has 0 atom stereocenters. The molecule has 1 aliphatic rings. The molecule has 0 unspecified atom stereocenters. The number of carbonyl (C=O) groups is 1. The van der Waals surface area contributed by atoms with Crippen LogP contribution >= 0.6 is 0 Å². The van der Waals surface area contributed by atoms with Gasteiger partial charge in [0.2, 0.25) is 0 Å². The van der Waals surface area contributed by atoms with Crippen molar-refractivity contribution in [3.63, 3.8) is 0 Å². The van der Waals surface area contributed by atoms with E-state index in [4.69, 9.17) is 14.2 Å². The molecule has 1 saturated heterocycles. The number of rotatable bonds is 6. The quantitative estimate of drug-likeness (QED) is 0.758. The summed E-state index contributed by atoms with van der Waals surface area (Å²) in [7, 11) is 0. The third-order valence-electron chi connectivity index (χ3n) is 3.19. The van der Waals surface area contributed by atoms with Gasteiger partial charge in [-0.1, -0.05) is 30.3 Å². The lowest BCUT2D eigenvalue weighted by molar-refractivity contribution is -0.0761. The zero-order valence-electron chi connectivity index (χ0n) is 13.6. The van der Waals surface area contributed by atoms with Gasteiger partial charge in [-0.2, -0.15) is 0 Å². The van der Waals surface area contributed by atoms with Crippen molar-refractivity contribution in [1.82, 2.24) is 4.90 Å². The fourth-order valence-corrected chi connectivity index (χ4v) is 2.06. The fraction of sp³-hybridized carbons (Fsp3) is 0.588. The molecule has 2 rings (SSSR count). The zero-order chi connectivity index (χ0) is 16.0. The van der Waals surface area contributed by atoms with Gasteiger partial charge in [-0.25, -0.2) is 4.79 Å². The van der Waals surface area contributed by atoms with E-state index in [1.54, 1.807) is 4.90 Å². The van der Waals surface area contributed by atoms with Crippen molar-refractivity contribution in [1.29, 1.82) is 0 Å². The van der Waals surface area contributed by atoms with Crippen molar-refractivity contribution in [2.24, 2.45) is 0 Å². The molecule has 0 bridgehead atoms. The summed E-state index contributed by atoms with van der Waals surface area (Å²) in [6, 6.07) is 10.0. The van der Waals surface area contributed by atoms with Crippen LogP contribution in [-0.4, -0.2) is 49.0 Å². The summed E-state index contributed by atoms with van der Waals surface area (Å²) in [5, 5.41) is 0. The van der Waals surface area contributed by atoms with Gasteiger partial charge in [-0.05, 0) is 26.3 Å². The second-order valence-electron chi connectivity index (χ2n) is 6.42. The highest BCUT2D eigenvalue weighted by molar-refractivity contribution is 5.69. The average molecular weight is 307 g/mol. The number of ether oxygens (including phenoxy) is 3. The fourth-order valence-electron chi connectivity index (χ4n) is 2.06. The van der Waals surface area contributed by atoms with Crippen LogP contribution < -0.4 is 0 Å². The Morgan fingerprint density at radius 1 is 1.18 bits per heavy atom. The van der Waals surface area contributed by atoms with Gasteiger partial charge in [0.1, 0.15) is 5.60 Å². The Bertz CT molecular complexity index is 463. The molecule has 0 saturated carbocycles. The minimum Gasteiger partial charge on any atom is -0.444 e. The van der Waals surface area contributed by atoms with E-state index in [9.17, 15) is 4.79 Å². The van der Waals surface area contributed by atoms with Crippen molar-refractivity contribution >= 4 is 6.09 Å². The summed E-state index contributed by atoms with van der Waals surface area (Å²) in [6.45, 7) is 8.46. The van der Waals surface area contributed by atoms with E-state index in [-0.39, 0.29) is 12.2 Å². The molecule has 1 fully saturated rings. The van der Waals surface area contributed by atoms with Gasteiger partial charge >= 0.3 is 6.09 Å². The Balaban J connectivity index is 1.51. The molecule has 1 amide bonds. The van der Waals surface area contributed by atoms with Gasteiger partial charge in [-0.15, -0.1) is 0 Å². The standard InChI is InChI=1S/C17H25NO4/c1-17(2,3)22-16(19)18-11-15(12-18)21-10-9-20-13-14-7-5-4-6-8-14/h4-8,15H,9-13H2,1-3H3. The highest BCUT2D eigenvalue weighted by Crippen LogP contribution is 2.17. The predicted molar refractivity (Wildman–Crippen MR) is 83.6 cm³/mol. The van der Waals surface area contributed by atoms with Gasteiger partial charge in [0.15, 0.2) is 0 Å². The first-order chi connectivity index (χ1) is 10.4. The molecule has 22 heavy (non-hydrogen) atoms. The highest BCUT2D eigenvalue weighted by Gasteiger charge is 2.34. The van der Waals surface area contributed by atoms with Crippen LogP contribution in [0.25, 0.3) is 0 Å². The van der Waals surface area contributed by atoms with Gasteiger partial charge in [0.25, 0.3) is 0 Å². The lowest BCUT2D eigenvalue weighted by atomic mass is 10.2. The lowest BCUT2D eigenvalue weighted by Crippen LogP contribution is -2.56. The van der Waals surface area contributed by atoms with Gasteiger partial charge in [0.05, 0.1) is 39.0 Å². The lowest BCUT2D eigenvalue weighted by Gasteiger charge is -2.39. The Morgan fingerprint density at radius 3 is 2.50 bits per heavy atom. The van der Waals surface area contributed by atoms with E-state index in [1.165, 1.54) is 0 Å². The van der Waals surface area contributed by atoms with Crippen LogP contribution in [0.3, 0.4) is 0 Å². The molecule has 5 heteroatoms. The van der Waals surface area contributed by atoms with Gasteiger partial charge in [-0.3, -0.25) is 0 Å². The topological polar surface area (TPSA) is 48.0 Å². The first-order valence-electron chi connectivity index (χ1n) is 7.65. The summed E-state index contributed by atoms with van der Waals surface area (Å²) in [6.07, 6.45) is -0.180. The maximum absolute atomic E-state index is 11.7. The van der Waals surface area contributed by atoms with Gasteiger partial charge in [0, 0.05) is 0 Å². The molecule has 0 radical (unpaired) electrons. The summed E-state index contributed by atoms with van der Waals surface area (Å²) >= 11 is 0. The third-order valence-corrected chi connectivity index (χ3v) is 3.19. The number of hydrogen-bond acceptors (Lipinski definition) is 4. The second-order valence-corrected chi connectivity index (χ2v) is 6.42. The van der Waals surface area contributed by atoms with Crippen LogP contribution in [0.4, 0.5) is 4.79 Å². The van der Waals surface area contributed by atoms with Crippen molar-refractivity contribution in [3.05, 3.63) is 35.9 Å². The normalized spacial score (nSPS) is 15.5. The molecular weight excluding hydrogens is 282 g/mol. The first kappa shape index (κ1) is 16.8. The van der Waals surface area contributed by atoms with E-state index in [1.807, 2.05) is 51.1 Å². The summed E-state index contributed by atoms with van der Waals surface area (Å²) in [5.74, 6) is 0. The molecule has 1 aromatic carbocycles. The SMILES string of the molecule is CC(C)(C)OC(=O)N1CC(OCCOCc2ccccc2)C1. The van der Waals surface area contributed by atoms with Crippen LogP contribution in [0.5, 0.6) is 0 Å². The summed E-state index contributed by atoms with van der Waals surface area (Å²) < 4.78 is 16.5. The zero-order valence-corrected chi connectivity index (χ0v) is 13.6. The van der Waals surface area contributed by atoms with Crippen LogP contribution in [0.15, 0.2) is 30.3 Å². The monoisotopic (exact) mass is 307 g/mol. The van der Waals surface area contributed by atoms with Gasteiger partial charge < -0.3 is 19.1 Å². The van der Waals surface area contributed by atoms with E-state index in [0.29, 0.717) is 32.9 Å². The molecule has 0 aromatic heterocycles. The molecular formula is C17H25NO4. The Morgan fingerprint density at radius 2 is 1.86 bits per heavy atom. The number of hydrogen-bond donors (Lipinski definition) is 0. The molecule has 1 heterocycles. The number of nitrogens with zero attached hydrogens (tertiary/aromatic N) is 1. The van der Waals surface area contributed by atoms with Crippen LogP contribution in [0.2, 0.25) is 0 Å². The first-order valence-corrected chi connectivity index (χ1v) is 7.65. The maximum Gasteiger partial charge on any atom is 0.410 e. The van der Waals surface area contributed by atoms with E-state index < -0.39 is 5.60 Å². The second kappa shape index (κ2) is 7.61. The number of likely N-dealkylation sites (tertiary alicyclic amines) is 1. The molecule has 0 aliphatic carbocycles. The summed E-state index contributed by atoms with van der Waals surface area (Å²) in [4.78, 5) is 13.4. The van der Waals surface area contributed by atoms with E-state index >= 15 is 0 Å². The average Bonchev–Trinajstić information content (AvgIpc) is 2.39. The Hall–Kier alpha value is -1.59. The Kier molecular flexibility index (Phi) is 5.80. The Labute approximate surface area is 132 Å². The number of amides is 1. The number of carbonyl (C=O) groups excluding carboxylic acids is 1. The van der Waals surface area contributed by atoms with Crippen molar-refractivity contribution in [3.8, 4) is 0 Å². The molecule has 5 nitrogen and oxygen atoms in total. The molecule has 122 valence electrons. The van der Waals surface area contributed by atoms with Crippen molar-refractivity contribution < 1.29 is 19.0 Å². The van der Waals surface area contributed by atoms with E-state index in [2.05, 4.69) is 0 Å². The molecule has 0 N–H and O–H groups in total. The maximum atomic E-state index is 11.7. The molecule has 0 spiro atoms. The van der Waals surface area contributed by atoms with Crippen LogP contribution in [0.1, 0.15) is 26.3 Å². The number of benzene rings is 1. The van der Waals surface area contributed by atoms with Crippen molar-refractivity contribution in [2.75, 3.05) is 26.3 Å². The molecule has 1 aliphatic heterocycles. The highest BCUT2D eigenvalue weighted by atomic mass is 16.6. The smallest absolute Gasteiger partial charge is 0.410 e. The van der Waals surface area contributed by atoms with Crippen LogP contribution in [-0.2, 0) is 20.8 Å². The van der Waals surface area contributed by atoms with Crippen molar-refractivity contribution in [2.45, 2.75) is 39.1 Å². The summed E-state index contributed by atoms with van der Waals surface area (Å²) in [5.41, 5.74) is 0.705. The van der Waals surface area contributed by atoms with Crippen LogP contribution in [0, 0.1) is 0 Å². The molecule has 1 aromatic rings. The third kappa shape index (κ3) is 5.66. The largest absolute Gasteiger partial charge is 0.444 e. The minimum atomic E-state index is -0.450. The van der Waals surface area contributed by atoms with E-state index in [0.717, 1.165) is 5.56 Å². The minimum absolute atomic E-state index is 0.0906. The predicted octanol–water partition coefficient (Wildman–Crippen LogP) is 2.84.